The van der Waals surface area contributed by atoms with Crippen molar-refractivity contribution in [3.8, 4) is 5.75 Å². The van der Waals surface area contributed by atoms with Gasteiger partial charge in [-0.05, 0) is 49.1 Å². The standard InChI is InChI=1S/C21H27NO2/c1-5-8-20(23)22-16(3)21(19-10-7-6-9-15(19)2)17-11-13-18(24-4)14-12-17/h6-7,9-14,16,21H,5,8H2,1-4H3,(H,22,23)/t16-,21+/m1/s1. The summed E-state index contributed by atoms with van der Waals surface area (Å²) in [7, 11) is 1.67. The van der Waals surface area contributed by atoms with E-state index >= 15 is 0 Å². The van der Waals surface area contributed by atoms with Crippen LogP contribution in [0.5, 0.6) is 5.75 Å². The number of carbonyl (C=O) groups is 1. The van der Waals surface area contributed by atoms with Crippen LogP contribution in [0.4, 0.5) is 0 Å². The average Bonchev–Trinajstić information content (AvgIpc) is 2.57. The molecule has 0 aromatic heterocycles. The second kappa shape index (κ2) is 8.53. The molecule has 24 heavy (non-hydrogen) atoms. The topological polar surface area (TPSA) is 38.3 Å². The Morgan fingerprint density at radius 2 is 1.79 bits per heavy atom. The highest BCUT2D eigenvalue weighted by Gasteiger charge is 2.24. The van der Waals surface area contributed by atoms with Crippen molar-refractivity contribution < 1.29 is 9.53 Å². The summed E-state index contributed by atoms with van der Waals surface area (Å²) in [6, 6.07) is 16.5. The van der Waals surface area contributed by atoms with Gasteiger partial charge in [0, 0.05) is 18.4 Å². The van der Waals surface area contributed by atoms with E-state index in [1.165, 1.54) is 16.7 Å². The maximum Gasteiger partial charge on any atom is 0.220 e. The van der Waals surface area contributed by atoms with Crippen LogP contribution in [0.3, 0.4) is 0 Å². The van der Waals surface area contributed by atoms with Crippen LogP contribution in [0.2, 0.25) is 0 Å². The maximum absolute atomic E-state index is 12.1. The molecule has 0 spiro atoms. The van der Waals surface area contributed by atoms with Crippen molar-refractivity contribution in [2.75, 3.05) is 7.11 Å². The maximum atomic E-state index is 12.1. The molecule has 0 aliphatic carbocycles. The van der Waals surface area contributed by atoms with Gasteiger partial charge >= 0.3 is 0 Å². The van der Waals surface area contributed by atoms with Gasteiger partial charge in [0.2, 0.25) is 5.91 Å². The normalized spacial score (nSPS) is 13.2. The molecule has 3 nitrogen and oxygen atoms in total. The second-order valence-electron chi connectivity index (χ2n) is 6.21. The molecule has 3 heteroatoms. The highest BCUT2D eigenvalue weighted by molar-refractivity contribution is 5.76. The Hall–Kier alpha value is -2.29. The molecular formula is C21H27NO2. The lowest BCUT2D eigenvalue weighted by Gasteiger charge is -2.27. The number of ether oxygens (including phenoxy) is 1. The highest BCUT2D eigenvalue weighted by Crippen LogP contribution is 2.31. The number of benzene rings is 2. The van der Waals surface area contributed by atoms with Crippen LogP contribution in [0.25, 0.3) is 0 Å². The van der Waals surface area contributed by atoms with Crippen LogP contribution < -0.4 is 10.1 Å². The van der Waals surface area contributed by atoms with Gasteiger partial charge in [-0.3, -0.25) is 4.79 Å². The first kappa shape index (κ1) is 18.1. The van der Waals surface area contributed by atoms with Crippen molar-refractivity contribution in [1.82, 2.24) is 5.32 Å². The van der Waals surface area contributed by atoms with Crippen LogP contribution in [-0.4, -0.2) is 19.1 Å². The van der Waals surface area contributed by atoms with Gasteiger partial charge in [0.05, 0.1) is 7.11 Å². The summed E-state index contributed by atoms with van der Waals surface area (Å²) in [5.74, 6) is 1.06. The van der Waals surface area contributed by atoms with Crippen molar-refractivity contribution in [1.29, 1.82) is 0 Å². The van der Waals surface area contributed by atoms with Gasteiger partial charge in [-0.15, -0.1) is 0 Å². The summed E-state index contributed by atoms with van der Waals surface area (Å²) in [5.41, 5.74) is 3.65. The minimum Gasteiger partial charge on any atom is -0.497 e. The number of hydrogen-bond acceptors (Lipinski definition) is 2. The van der Waals surface area contributed by atoms with Gasteiger partial charge < -0.3 is 10.1 Å². The molecule has 2 aromatic rings. The molecule has 2 rings (SSSR count). The quantitative estimate of drug-likeness (QED) is 0.817. The third-order valence-corrected chi connectivity index (χ3v) is 4.36. The summed E-state index contributed by atoms with van der Waals surface area (Å²) in [5, 5.41) is 3.16. The summed E-state index contributed by atoms with van der Waals surface area (Å²) in [6.45, 7) is 6.22. The van der Waals surface area contributed by atoms with E-state index in [4.69, 9.17) is 4.74 Å². The van der Waals surface area contributed by atoms with E-state index in [-0.39, 0.29) is 17.9 Å². The first-order valence-corrected chi connectivity index (χ1v) is 8.55. The molecule has 0 fully saturated rings. The Balaban J connectivity index is 2.37. The molecule has 0 radical (unpaired) electrons. The molecule has 0 saturated carbocycles. The Morgan fingerprint density at radius 3 is 2.38 bits per heavy atom. The Kier molecular flexibility index (Phi) is 6.42. The second-order valence-corrected chi connectivity index (χ2v) is 6.21. The SMILES string of the molecule is CCCC(=O)N[C@H](C)[C@@H](c1ccc(OC)cc1)c1ccccc1C. The number of amides is 1. The lowest BCUT2D eigenvalue weighted by molar-refractivity contribution is -0.121. The molecule has 2 atom stereocenters. The lowest BCUT2D eigenvalue weighted by Crippen LogP contribution is -2.37. The molecule has 1 N–H and O–H groups in total. The first-order valence-electron chi connectivity index (χ1n) is 8.55. The van der Waals surface area contributed by atoms with Gasteiger partial charge in [-0.2, -0.15) is 0 Å². The van der Waals surface area contributed by atoms with Crippen molar-refractivity contribution >= 4 is 5.91 Å². The molecule has 2 aromatic carbocycles. The molecule has 0 unspecified atom stereocenters. The first-order chi connectivity index (χ1) is 11.6. The van der Waals surface area contributed by atoms with E-state index in [9.17, 15) is 4.79 Å². The van der Waals surface area contributed by atoms with Crippen molar-refractivity contribution in [2.24, 2.45) is 0 Å². The van der Waals surface area contributed by atoms with E-state index in [0.717, 1.165) is 12.2 Å². The third kappa shape index (κ3) is 4.38. The van der Waals surface area contributed by atoms with E-state index in [1.807, 2.05) is 25.1 Å². The summed E-state index contributed by atoms with van der Waals surface area (Å²) < 4.78 is 5.27. The van der Waals surface area contributed by atoms with Crippen molar-refractivity contribution in [3.05, 3.63) is 65.2 Å². The van der Waals surface area contributed by atoms with E-state index in [1.54, 1.807) is 7.11 Å². The summed E-state index contributed by atoms with van der Waals surface area (Å²) in [6.07, 6.45) is 1.42. The van der Waals surface area contributed by atoms with E-state index in [0.29, 0.717) is 6.42 Å². The predicted octanol–water partition coefficient (Wildman–Crippen LogP) is 4.44. The smallest absolute Gasteiger partial charge is 0.220 e. The number of rotatable bonds is 7. The summed E-state index contributed by atoms with van der Waals surface area (Å²) in [4.78, 5) is 12.1. The zero-order valence-corrected chi connectivity index (χ0v) is 15.0. The number of nitrogens with one attached hydrogen (secondary N) is 1. The third-order valence-electron chi connectivity index (χ3n) is 4.36. The number of aryl methyl sites for hydroxylation is 1. The van der Waals surface area contributed by atoms with E-state index < -0.39 is 0 Å². The molecule has 0 heterocycles. The van der Waals surface area contributed by atoms with Crippen molar-refractivity contribution in [3.63, 3.8) is 0 Å². The molecule has 0 bridgehead atoms. The Bertz CT molecular complexity index is 664. The van der Waals surface area contributed by atoms with Crippen LogP contribution in [0.15, 0.2) is 48.5 Å². The highest BCUT2D eigenvalue weighted by atomic mass is 16.5. The average molecular weight is 325 g/mol. The van der Waals surface area contributed by atoms with Crippen molar-refractivity contribution in [2.45, 2.75) is 45.6 Å². The zero-order valence-electron chi connectivity index (χ0n) is 15.0. The number of carbonyl (C=O) groups excluding carboxylic acids is 1. The monoisotopic (exact) mass is 325 g/mol. The number of hydrogen-bond donors (Lipinski definition) is 1. The minimum absolute atomic E-state index is 0.0125. The molecular weight excluding hydrogens is 298 g/mol. The van der Waals surface area contributed by atoms with Gasteiger partial charge in [0.25, 0.3) is 0 Å². The van der Waals surface area contributed by atoms with Gasteiger partial charge in [0.1, 0.15) is 5.75 Å². The van der Waals surface area contributed by atoms with Gasteiger partial charge in [-0.25, -0.2) is 0 Å². The van der Waals surface area contributed by atoms with Gasteiger partial charge in [-0.1, -0.05) is 43.3 Å². The fraction of sp³-hybridized carbons (Fsp3) is 0.381. The summed E-state index contributed by atoms with van der Waals surface area (Å²) >= 11 is 0. The van der Waals surface area contributed by atoms with Crippen LogP contribution in [-0.2, 0) is 4.79 Å². The molecule has 0 saturated heterocycles. The predicted molar refractivity (Wildman–Crippen MR) is 98.5 cm³/mol. The molecule has 0 aliphatic rings. The Labute approximate surface area is 145 Å². The zero-order chi connectivity index (χ0) is 17.5. The fourth-order valence-electron chi connectivity index (χ4n) is 3.12. The van der Waals surface area contributed by atoms with Crippen LogP contribution in [0, 0.1) is 6.92 Å². The molecule has 1 amide bonds. The van der Waals surface area contributed by atoms with Crippen LogP contribution in [0.1, 0.15) is 49.3 Å². The lowest BCUT2D eigenvalue weighted by atomic mass is 9.83. The molecule has 128 valence electrons. The minimum atomic E-state index is 0.0125. The molecule has 0 aliphatic heterocycles. The van der Waals surface area contributed by atoms with E-state index in [2.05, 4.69) is 49.5 Å². The number of methoxy groups -OCH3 is 1. The van der Waals surface area contributed by atoms with Gasteiger partial charge in [0.15, 0.2) is 0 Å². The van der Waals surface area contributed by atoms with Crippen LogP contribution >= 0.6 is 0 Å². The Morgan fingerprint density at radius 1 is 1.12 bits per heavy atom. The fourth-order valence-corrected chi connectivity index (χ4v) is 3.12. The largest absolute Gasteiger partial charge is 0.497 e.